The van der Waals surface area contributed by atoms with E-state index in [9.17, 15) is 0 Å². The second-order valence-corrected chi connectivity index (χ2v) is 5.83. The monoisotopic (exact) mass is 389 g/mol. The molecule has 0 aromatic heterocycles. The van der Waals surface area contributed by atoms with Crippen LogP contribution >= 0.6 is 12.4 Å². The first-order valence-electron chi connectivity index (χ1n) is 8.50. The van der Waals surface area contributed by atoms with Gasteiger partial charge < -0.3 is 20.9 Å². The van der Waals surface area contributed by atoms with E-state index >= 15 is 0 Å². The lowest BCUT2D eigenvalue weighted by atomic mass is 10.1. The molecule has 0 radical (unpaired) electrons. The van der Waals surface area contributed by atoms with E-state index in [1.54, 1.807) is 0 Å². The molecule has 7 nitrogen and oxygen atoms in total. The standard InChI is InChI=1S/C19H23N5O2.ClH/c20-18(22-10-8-14-4-2-1-3-5-14)24-19(21)23-11-9-15-6-7-16-17(12-15)26-13-25-16;/h1-7,12H,8-11,13H2,(H5,20,21,22,23,24);1H. The summed E-state index contributed by atoms with van der Waals surface area (Å²) in [5.74, 6) is 2.07. The van der Waals surface area contributed by atoms with E-state index in [-0.39, 0.29) is 31.1 Å². The van der Waals surface area contributed by atoms with E-state index in [4.69, 9.17) is 20.9 Å². The van der Waals surface area contributed by atoms with Gasteiger partial charge in [0.05, 0.1) is 0 Å². The van der Waals surface area contributed by atoms with Gasteiger partial charge in [-0.1, -0.05) is 36.4 Å². The molecular weight excluding hydrogens is 366 g/mol. The van der Waals surface area contributed by atoms with Gasteiger partial charge in [0, 0.05) is 13.1 Å². The average Bonchev–Trinajstić information content (AvgIpc) is 3.10. The molecule has 0 aliphatic carbocycles. The number of benzene rings is 2. The number of guanidine groups is 2. The van der Waals surface area contributed by atoms with Gasteiger partial charge >= 0.3 is 0 Å². The molecule has 0 saturated carbocycles. The zero-order valence-corrected chi connectivity index (χ0v) is 15.7. The molecule has 1 aliphatic heterocycles. The first-order valence-corrected chi connectivity index (χ1v) is 8.50. The first-order chi connectivity index (χ1) is 12.7. The third kappa shape index (κ3) is 6.38. The fourth-order valence-electron chi connectivity index (χ4n) is 2.56. The molecule has 0 bridgehead atoms. The summed E-state index contributed by atoms with van der Waals surface area (Å²) < 4.78 is 10.7. The normalized spacial score (nSPS) is 13.2. The zero-order chi connectivity index (χ0) is 18.2. The van der Waals surface area contributed by atoms with Crippen LogP contribution in [0.15, 0.2) is 58.5 Å². The van der Waals surface area contributed by atoms with E-state index in [0.29, 0.717) is 13.1 Å². The van der Waals surface area contributed by atoms with E-state index in [0.717, 1.165) is 29.9 Å². The molecule has 1 heterocycles. The maximum absolute atomic E-state index is 5.85. The van der Waals surface area contributed by atoms with Gasteiger partial charge in [-0.3, -0.25) is 15.3 Å². The second kappa shape index (κ2) is 10.3. The maximum Gasteiger partial charge on any atom is 0.231 e. The minimum absolute atomic E-state index is 0. The highest BCUT2D eigenvalue weighted by atomic mass is 35.5. The van der Waals surface area contributed by atoms with Crippen LogP contribution in [0.3, 0.4) is 0 Å². The number of nitrogens with zero attached hydrogens (tertiary/aromatic N) is 2. The Hall–Kier alpha value is -2.93. The molecule has 0 amide bonds. The van der Waals surface area contributed by atoms with Crippen LogP contribution in [0.4, 0.5) is 0 Å². The highest BCUT2D eigenvalue weighted by Crippen LogP contribution is 2.32. The van der Waals surface area contributed by atoms with Gasteiger partial charge in [0.15, 0.2) is 23.4 Å². The molecule has 2 aromatic carbocycles. The Labute approximate surface area is 164 Å². The van der Waals surface area contributed by atoms with Crippen LogP contribution in [-0.2, 0) is 12.8 Å². The lowest BCUT2D eigenvalue weighted by Gasteiger charge is -2.05. The van der Waals surface area contributed by atoms with Crippen LogP contribution in [0.5, 0.6) is 11.5 Å². The summed E-state index contributed by atoms with van der Waals surface area (Å²) in [6.07, 6.45) is 1.56. The third-order valence-corrected chi connectivity index (χ3v) is 3.90. The molecule has 0 fully saturated rings. The van der Waals surface area contributed by atoms with Gasteiger partial charge in [-0.05, 0) is 36.1 Å². The fraction of sp³-hybridized carbons (Fsp3) is 0.263. The number of hydrogen-bond donors (Lipinski definition) is 3. The highest BCUT2D eigenvalue weighted by molar-refractivity contribution is 5.97. The number of aliphatic imine (C=N–C) groups is 2. The van der Waals surface area contributed by atoms with Crippen molar-refractivity contribution in [1.29, 1.82) is 0 Å². The number of fused-ring (bicyclic) bond motifs is 1. The first kappa shape index (κ1) is 20.4. The molecule has 144 valence electrons. The summed E-state index contributed by atoms with van der Waals surface area (Å²) >= 11 is 0. The van der Waals surface area contributed by atoms with E-state index in [1.165, 1.54) is 5.56 Å². The van der Waals surface area contributed by atoms with E-state index in [1.807, 2.05) is 36.4 Å². The number of nitrogens with two attached hydrogens (primary N) is 2. The van der Waals surface area contributed by atoms with Gasteiger partial charge in [0.1, 0.15) is 0 Å². The third-order valence-electron chi connectivity index (χ3n) is 3.90. The number of ether oxygens (including phenoxy) is 2. The van der Waals surface area contributed by atoms with E-state index < -0.39 is 0 Å². The van der Waals surface area contributed by atoms with Gasteiger partial charge in [-0.15, -0.1) is 12.4 Å². The largest absolute Gasteiger partial charge is 0.454 e. The summed E-state index contributed by atoms with van der Waals surface area (Å²) in [5.41, 5.74) is 14.0. The molecule has 8 heteroatoms. The quantitative estimate of drug-likeness (QED) is 0.516. The molecule has 0 spiro atoms. The predicted octanol–water partition coefficient (Wildman–Crippen LogP) is 1.84. The van der Waals surface area contributed by atoms with Crippen molar-refractivity contribution in [3.8, 4) is 11.5 Å². The summed E-state index contributed by atoms with van der Waals surface area (Å²) in [6.45, 7) is 1.40. The van der Waals surface area contributed by atoms with Crippen LogP contribution in [-0.4, -0.2) is 31.8 Å². The molecule has 3 rings (SSSR count). The Balaban J connectivity index is 0.00000261. The van der Waals surface area contributed by atoms with Crippen molar-refractivity contribution in [3.63, 3.8) is 0 Å². The van der Waals surface area contributed by atoms with Gasteiger partial charge in [0.25, 0.3) is 0 Å². The van der Waals surface area contributed by atoms with Crippen molar-refractivity contribution < 1.29 is 9.47 Å². The Kier molecular flexibility index (Phi) is 7.76. The summed E-state index contributed by atoms with van der Waals surface area (Å²) in [7, 11) is 0. The molecule has 1 aliphatic rings. The minimum atomic E-state index is 0. The molecule has 0 unspecified atom stereocenters. The van der Waals surface area contributed by atoms with Crippen LogP contribution in [0.25, 0.3) is 0 Å². The average molecular weight is 390 g/mol. The Morgan fingerprint density at radius 1 is 0.852 bits per heavy atom. The Morgan fingerprint density at radius 2 is 1.48 bits per heavy atom. The topological polar surface area (TPSA) is 107 Å². The van der Waals surface area contributed by atoms with Crippen molar-refractivity contribution in [2.75, 3.05) is 19.9 Å². The number of rotatable bonds is 6. The highest BCUT2D eigenvalue weighted by Gasteiger charge is 2.12. The van der Waals surface area contributed by atoms with Gasteiger partial charge in [-0.25, -0.2) is 0 Å². The summed E-state index contributed by atoms with van der Waals surface area (Å²) in [4.78, 5) is 8.53. The SMILES string of the molecule is Cl.NC(=NCCc1ccccc1)NC(N)=NCCc1ccc2c(c1)OCO2. The Morgan fingerprint density at radius 3 is 2.19 bits per heavy atom. The van der Waals surface area contributed by atoms with Crippen LogP contribution < -0.4 is 26.3 Å². The van der Waals surface area contributed by atoms with Crippen LogP contribution in [0, 0.1) is 0 Å². The molecular formula is C19H24ClN5O2. The maximum atomic E-state index is 5.85. The smallest absolute Gasteiger partial charge is 0.231 e. The lowest BCUT2D eigenvalue weighted by Crippen LogP contribution is -2.41. The molecule has 5 N–H and O–H groups in total. The molecule has 27 heavy (non-hydrogen) atoms. The van der Waals surface area contributed by atoms with Gasteiger partial charge in [-0.2, -0.15) is 0 Å². The van der Waals surface area contributed by atoms with Gasteiger partial charge in [0.2, 0.25) is 6.79 Å². The van der Waals surface area contributed by atoms with Crippen molar-refractivity contribution in [2.24, 2.45) is 21.5 Å². The Bertz CT molecular complexity index is 796. The minimum Gasteiger partial charge on any atom is -0.454 e. The summed E-state index contributed by atoms with van der Waals surface area (Å²) in [6, 6.07) is 16.0. The predicted molar refractivity (Wildman–Crippen MR) is 110 cm³/mol. The number of halogens is 1. The molecule has 0 saturated heterocycles. The summed E-state index contributed by atoms with van der Waals surface area (Å²) in [5, 5.41) is 2.80. The lowest BCUT2D eigenvalue weighted by molar-refractivity contribution is 0.174. The van der Waals surface area contributed by atoms with Crippen molar-refractivity contribution >= 4 is 24.3 Å². The fourth-order valence-corrected chi connectivity index (χ4v) is 2.56. The number of hydrogen-bond acceptors (Lipinski definition) is 4. The van der Waals surface area contributed by atoms with Crippen molar-refractivity contribution in [3.05, 3.63) is 59.7 Å². The second-order valence-electron chi connectivity index (χ2n) is 5.83. The zero-order valence-electron chi connectivity index (χ0n) is 14.9. The number of nitrogens with one attached hydrogen (secondary N) is 1. The van der Waals surface area contributed by atoms with E-state index in [2.05, 4.69) is 27.4 Å². The van der Waals surface area contributed by atoms with Crippen LogP contribution in [0.2, 0.25) is 0 Å². The molecule has 0 atom stereocenters. The van der Waals surface area contributed by atoms with Crippen molar-refractivity contribution in [1.82, 2.24) is 5.32 Å². The molecule has 2 aromatic rings. The van der Waals surface area contributed by atoms with Crippen molar-refractivity contribution in [2.45, 2.75) is 12.8 Å². The van der Waals surface area contributed by atoms with Crippen LogP contribution in [0.1, 0.15) is 11.1 Å².